The highest BCUT2D eigenvalue weighted by molar-refractivity contribution is 7.89. The molecule has 1 fully saturated rings. The summed E-state index contributed by atoms with van der Waals surface area (Å²) in [6.07, 6.45) is 4.96. The lowest BCUT2D eigenvalue weighted by Crippen LogP contribution is -2.39. The van der Waals surface area contributed by atoms with Crippen LogP contribution in [0.1, 0.15) is 38.2 Å². The highest BCUT2D eigenvalue weighted by Crippen LogP contribution is 2.25. The fourth-order valence-corrected chi connectivity index (χ4v) is 4.51. The molecule has 0 radical (unpaired) electrons. The minimum Gasteiger partial charge on any atom is -0.207 e. The van der Waals surface area contributed by atoms with Gasteiger partial charge in [0.1, 0.15) is 0 Å². The van der Waals surface area contributed by atoms with E-state index in [4.69, 9.17) is 11.6 Å². The predicted molar refractivity (Wildman–Crippen MR) is 87.3 cm³/mol. The lowest BCUT2D eigenvalue weighted by Gasteiger charge is -2.31. The van der Waals surface area contributed by atoms with E-state index in [1.165, 1.54) is 0 Å². The second-order valence-electron chi connectivity index (χ2n) is 5.72. The van der Waals surface area contributed by atoms with Gasteiger partial charge in [-0.05, 0) is 49.3 Å². The van der Waals surface area contributed by atoms with Crippen LogP contribution in [0.4, 0.5) is 0 Å². The minimum atomic E-state index is -3.34. The number of nitrogens with zero attached hydrogens (tertiary/aromatic N) is 1. The Kier molecular flexibility index (Phi) is 6.08. The van der Waals surface area contributed by atoms with E-state index in [2.05, 4.69) is 6.92 Å². The summed E-state index contributed by atoms with van der Waals surface area (Å²) in [5, 5.41) is 0. The molecule has 5 heteroatoms. The second-order valence-corrected chi connectivity index (χ2v) is 8.03. The van der Waals surface area contributed by atoms with Crippen molar-refractivity contribution in [3.05, 3.63) is 29.8 Å². The third-order valence-electron chi connectivity index (χ3n) is 4.22. The lowest BCUT2D eigenvalue weighted by atomic mass is 9.97. The molecule has 1 unspecified atom stereocenters. The van der Waals surface area contributed by atoms with Crippen LogP contribution in [0.5, 0.6) is 0 Å². The molecule has 1 heterocycles. The van der Waals surface area contributed by atoms with Crippen molar-refractivity contribution in [3.63, 3.8) is 0 Å². The molecule has 1 aromatic rings. The third kappa shape index (κ3) is 4.21. The van der Waals surface area contributed by atoms with Crippen molar-refractivity contribution in [2.24, 2.45) is 5.92 Å². The number of rotatable bonds is 6. The van der Waals surface area contributed by atoms with Gasteiger partial charge in [0.05, 0.1) is 4.90 Å². The molecule has 0 aromatic heterocycles. The van der Waals surface area contributed by atoms with E-state index < -0.39 is 10.0 Å². The predicted octanol–water partition coefficient (Wildman–Crippen LogP) is 3.67. The minimum absolute atomic E-state index is 0.411. The van der Waals surface area contributed by atoms with Crippen LogP contribution in [0, 0.1) is 5.92 Å². The largest absolute Gasteiger partial charge is 0.243 e. The van der Waals surface area contributed by atoms with Gasteiger partial charge in [0.15, 0.2) is 0 Å². The zero-order valence-electron chi connectivity index (χ0n) is 12.6. The zero-order valence-corrected chi connectivity index (χ0v) is 14.2. The van der Waals surface area contributed by atoms with Gasteiger partial charge in [-0.15, -0.1) is 11.6 Å². The fraction of sp³-hybridized carbons (Fsp3) is 0.625. The molecule has 1 aliphatic rings. The molecule has 0 bridgehead atoms. The Morgan fingerprint density at radius 1 is 1.29 bits per heavy atom. The molecule has 0 N–H and O–H groups in total. The molecule has 1 aromatic carbocycles. The number of piperidine rings is 1. The number of halogens is 1. The average molecular weight is 330 g/mol. The summed E-state index contributed by atoms with van der Waals surface area (Å²) in [6, 6.07) is 7.27. The van der Waals surface area contributed by atoms with Crippen LogP contribution in [0.15, 0.2) is 29.2 Å². The van der Waals surface area contributed by atoms with E-state index in [1.807, 2.05) is 12.1 Å². The van der Waals surface area contributed by atoms with Gasteiger partial charge in [-0.2, -0.15) is 4.31 Å². The molecular weight excluding hydrogens is 306 g/mol. The molecule has 0 saturated carbocycles. The molecule has 2 rings (SSSR count). The number of hydrogen-bond donors (Lipinski definition) is 0. The van der Waals surface area contributed by atoms with Crippen molar-refractivity contribution in [3.8, 4) is 0 Å². The Balaban J connectivity index is 2.11. The third-order valence-corrected chi connectivity index (χ3v) is 6.37. The zero-order chi connectivity index (χ0) is 15.3. The maximum absolute atomic E-state index is 12.7. The van der Waals surface area contributed by atoms with Crippen molar-refractivity contribution in [1.82, 2.24) is 4.31 Å². The molecule has 1 saturated heterocycles. The number of sulfonamides is 1. The summed E-state index contributed by atoms with van der Waals surface area (Å²) in [5.41, 5.74) is 1.14. The summed E-state index contributed by atoms with van der Waals surface area (Å²) in [5.74, 6) is 1.13. The Bertz CT molecular complexity index is 542. The van der Waals surface area contributed by atoms with Crippen LogP contribution in [-0.2, 0) is 16.4 Å². The average Bonchev–Trinajstić information content (AvgIpc) is 2.53. The van der Waals surface area contributed by atoms with E-state index >= 15 is 0 Å². The Morgan fingerprint density at radius 3 is 2.62 bits per heavy atom. The van der Waals surface area contributed by atoms with Crippen LogP contribution >= 0.6 is 11.6 Å². The first kappa shape index (κ1) is 16.8. The van der Waals surface area contributed by atoms with Crippen LogP contribution in [0.25, 0.3) is 0 Å². The van der Waals surface area contributed by atoms with Crippen LogP contribution in [-0.4, -0.2) is 31.7 Å². The van der Waals surface area contributed by atoms with Crippen LogP contribution in [0.3, 0.4) is 0 Å². The molecular formula is C16H24ClNO2S. The van der Waals surface area contributed by atoms with E-state index in [0.717, 1.165) is 37.7 Å². The van der Waals surface area contributed by atoms with Crippen molar-refractivity contribution in [2.45, 2.75) is 43.9 Å². The molecule has 1 aliphatic heterocycles. The topological polar surface area (TPSA) is 37.4 Å². The Labute approximate surface area is 133 Å². The molecule has 0 aliphatic carbocycles. The lowest BCUT2D eigenvalue weighted by molar-refractivity contribution is 0.261. The second kappa shape index (κ2) is 7.61. The van der Waals surface area contributed by atoms with Gasteiger partial charge in [-0.3, -0.25) is 0 Å². The van der Waals surface area contributed by atoms with E-state index in [-0.39, 0.29) is 0 Å². The summed E-state index contributed by atoms with van der Waals surface area (Å²) < 4.78 is 27.0. The fourth-order valence-electron chi connectivity index (χ4n) is 2.83. The first-order chi connectivity index (χ1) is 10.1. The number of benzene rings is 1. The highest BCUT2D eigenvalue weighted by atomic mass is 35.5. The monoisotopic (exact) mass is 329 g/mol. The van der Waals surface area contributed by atoms with Gasteiger partial charge in [0.2, 0.25) is 10.0 Å². The normalized spacial score (nSPS) is 20.6. The van der Waals surface area contributed by atoms with E-state index in [1.54, 1.807) is 16.4 Å². The molecule has 118 valence electrons. The molecule has 1 atom stereocenters. The Hall–Kier alpha value is -0.580. The van der Waals surface area contributed by atoms with Crippen LogP contribution in [0.2, 0.25) is 0 Å². The maximum atomic E-state index is 12.7. The molecule has 0 amide bonds. The van der Waals surface area contributed by atoms with Crippen molar-refractivity contribution in [2.75, 3.05) is 19.0 Å². The highest BCUT2D eigenvalue weighted by Gasteiger charge is 2.29. The van der Waals surface area contributed by atoms with Gasteiger partial charge >= 0.3 is 0 Å². The van der Waals surface area contributed by atoms with Crippen molar-refractivity contribution in [1.29, 1.82) is 0 Å². The van der Waals surface area contributed by atoms with Gasteiger partial charge < -0.3 is 0 Å². The summed E-state index contributed by atoms with van der Waals surface area (Å²) in [7, 11) is -3.34. The first-order valence-corrected chi connectivity index (χ1v) is 9.70. The SMILES string of the molecule is CCC1CCCN(S(=O)(=O)c2ccc(CCCCl)cc2)C1. The number of alkyl halides is 1. The smallest absolute Gasteiger partial charge is 0.207 e. The van der Waals surface area contributed by atoms with Crippen LogP contribution < -0.4 is 0 Å². The van der Waals surface area contributed by atoms with E-state index in [0.29, 0.717) is 29.8 Å². The molecule has 0 spiro atoms. The van der Waals surface area contributed by atoms with E-state index in [9.17, 15) is 8.42 Å². The maximum Gasteiger partial charge on any atom is 0.243 e. The summed E-state index contributed by atoms with van der Waals surface area (Å²) >= 11 is 5.68. The standard InChI is InChI=1S/C16H24ClNO2S/c1-2-14-6-4-12-18(13-14)21(19,20)16-9-7-15(8-10-16)5-3-11-17/h7-10,14H,2-6,11-13H2,1H3. The van der Waals surface area contributed by atoms with Gasteiger partial charge in [0, 0.05) is 19.0 Å². The van der Waals surface area contributed by atoms with Crippen molar-refractivity contribution < 1.29 is 8.42 Å². The first-order valence-electron chi connectivity index (χ1n) is 7.73. The van der Waals surface area contributed by atoms with Crippen molar-refractivity contribution >= 4 is 21.6 Å². The van der Waals surface area contributed by atoms with Gasteiger partial charge in [0.25, 0.3) is 0 Å². The quantitative estimate of drug-likeness (QED) is 0.747. The van der Waals surface area contributed by atoms with Gasteiger partial charge in [-0.1, -0.05) is 25.5 Å². The molecule has 3 nitrogen and oxygen atoms in total. The number of aryl methyl sites for hydroxylation is 1. The Morgan fingerprint density at radius 2 is 2.00 bits per heavy atom. The number of hydrogen-bond acceptors (Lipinski definition) is 2. The van der Waals surface area contributed by atoms with Gasteiger partial charge in [-0.25, -0.2) is 8.42 Å². The summed E-state index contributed by atoms with van der Waals surface area (Å²) in [4.78, 5) is 0.411. The molecule has 21 heavy (non-hydrogen) atoms. The summed E-state index contributed by atoms with van der Waals surface area (Å²) in [6.45, 7) is 3.44.